The molecule has 4 aromatic rings. The number of aromatic carboxylic acids is 1. The Morgan fingerprint density at radius 1 is 1.06 bits per heavy atom. The minimum atomic E-state index is -1.04. The summed E-state index contributed by atoms with van der Waals surface area (Å²) in [6.45, 7) is 4.32. The van der Waals surface area contributed by atoms with Gasteiger partial charge in [0.1, 0.15) is 35.4 Å². The van der Waals surface area contributed by atoms with E-state index in [0.717, 1.165) is 61.3 Å². The van der Waals surface area contributed by atoms with Crippen LogP contribution in [-0.4, -0.2) is 73.2 Å². The Labute approximate surface area is 208 Å². The molecule has 1 atom stereocenters. The molecule has 3 aromatic heterocycles. The first-order valence-corrected chi connectivity index (χ1v) is 12.6. The molecule has 186 valence electrons. The Morgan fingerprint density at radius 2 is 1.94 bits per heavy atom. The highest BCUT2D eigenvalue weighted by atomic mass is 16.5. The van der Waals surface area contributed by atoms with Crippen LogP contribution < -0.4 is 9.64 Å². The molecule has 2 aliphatic rings. The van der Waals surface area contributed by atoms with Crippen LogP contribution in [0.2, 0.25) is 0 Å². The SMILES string of the molecule is O=C(O)c1ccc2c(CN3CCCCC3)ccc(OC[C@H]3CCCN3c3ncnc4nc[nH]c34)c2n1. The number of carboxylic acid groups (broad SMARTS) is 1. The van der Waals surface area contributed by atoms with E-state index in [1.807, 2.05) is 12.1 Å². The number of fused-ring (bicyclic) bond motifs is 2. The minimum Gasteiger partial charge on any atom is -0.489 e. The fraction of sp³-hybridized carbons (Fsp3) is 0.423. The maximum atomic E-state index is 11.7. The highest BCUT2D eigenvalue weighted by Crippen LogP contribution is 2.32. The zero-order valence-corrected chi connectivity index (χ0v) is 20.1. The number of nitrogens with one attached hydrogen (secondary N) is 1. The number of hydrogen-bond donors (Lipinski definition) is 2. The zero-order valence-electron chi connectivity index (χ0n) is 20.1. The van der Waals surface area contributed by atoms with E-state index in [1.54, 1.807) is 18.7 Å². The summed E-state index contributed by atoms with van der Waals surface area (Å²) < 4.78 is 6.35. The first-order chi connectivity index (χ1) is 17.7. The molecule has 5 heterocycles. The number of carboxylic acids is 1. The van der Waals surface area contributed by atoms with Crippen molar-refractivity contribution in [2.45, 2.75) is 44.7 Å². The molecule has 10 heteroatoms. The van der Waals surface area contributed by atoms with Gasteiger partial charge in [-0.2, -0.15) is 0 Å². The molecule has 2 saturated heterocycles. The smallest absolute Gasteiger partial charge is 0.354 e. The summed E-state index contributed by atoms with van der Waals surface area (Å²) in [7, 11) is 0. The van der Waals surface area contributed by atoms with Crippen LogP contribution in [-0.2, 0) is 6.54 Å². The summed E-state index contributed by atoms with van der Waals surface area (Å²) in [6.07, 6.45) is 8.90. The van der Waals surface area contributed by atoms with Gasteiger partial charge < -0.3 is 19.7 Å². The average molecular weight is 488 g/mol. The van der Waals surface area contributed by atoms with Crippen molar-refractivity contribution in [3.8, 4) is 5.75 Å². The second kappa shape index (κ2) is 9.69. The molecular weight excluding hydrogens is 458 g/mol. The monoisotopic (exact) mass is 487 g/mol. The topological polar surface area (TPSA) is 120 Å². The van der Waals surface area contributed by atoms with Gasteiger partial charge in [0.2, 0.25) is 0 Å². The summed E-state index contributed by atoms with van der Waals surface area (Å²) in [4.78, 5) is 37.0. The Hall–Kier alpha value is -3.79. The lowest BCUT2D eigenvalue weighted by atomic mass is 10.0. The van der Waals surface area contributed by atoms with Gasteiger partial charge in [-0.3, -0.25) is 4.90 Å². The molecule has 0 aliphatic carbocycles. The molecule has 0 spiro atoms. The van der Waals surface area contributed by atoms with Gasteiger partial charge in [0, 0.05) is 18.5 Å². The van der Waals surface area contributed by atoms with Crippen molar-refractivity contribution in [2.75, 3.05) is 31.1 Å². The lowest BCUT2D eigenvalue weighted by Gasteiger charge is -2.27. The largest absolute Gasteiger partial charge is 0.489 e. The van der Waals surface area contributed by atoms with E-state index in [-0.39, 0.29) is 11.7 Å². The highest BCUT2D eigenvalue weighted by Gasteiger charge is 2.29. The Kier molecular flexibility index (Phi) is 6.10. The van der Waals surface area contributed by atoms with Gasteiger partial charge in [0.15, 0.2) is 11.5 Å². The third-order valence-electron chi connectivity index (χ3n) is 7.26. The van der Waals surface area contributed by atoms with Crippen LogP contribution in [0.4, 0.5) is 5.82 Å². The van der Waals surface area contributed by atoms with E-state index < -0.39 is 5.97 Å². The molecule has 0 saturated carbocycles. The molecule has 10 nitrogen and oxygen atoms in total. The number of aromatic nitrogens is 5. The van der Waals surface area contributed by atoms with Gasteiger partial charge in [-0.1, -0.05) is 12.5 Å². The quantitative estimate of drug-likeness (QED) is 0.402. The number of aromatic amines is 1. The number of nitrogens with zero attached hydrogens (tertiary/aromatic N) is 6. The van der Waals surface area contributed by atoms with E-state index in [1.165, 1.54) is 19.3 Å². The van der Waals surface area contributed by atoms with Gasteiger partial charge in [0.25, 0.3) is 0 Å². The van der Waals surface area contributed by atoms with Crippen LogP contribution in [0.25, 0.3) is 22.1 Å². The van der Waals surface area contributed by atoms with Crippen molar-refractivity contribution < 1.29 is 14.6 Å². The Bertz CT molecular complexity index is 1400. The molecule has 2 N–H and O–H groups in total. The predicted molar refractivity (Wildman–Crippen MR) is 135 cm³/mol. The van der Waals surface area contributed by atoms with Crippen molar-refractivity contribution >= 4 is 33.9 Å². The van der Waals surface area contributed by atoms with Crippen LogP contribution in [0.5, 0.6) is 5.75 Å². The van der Waals surface area contributed by atoms with Gasteiger partial charge in [-0.15, -0.1) is 0 Å². The van der Waals surface area contributed by atoms with Crippen molar-refractivity contribution in [3.63, 3.8) is 0 Å². The fourth-order valence-corrected chi connectivity index (χ4v) is 5.43. The summed E-state index contributed by atoms with van der Waals surface area (Å²) in [5.41, 5.74) is 3.24. The zero-order chi connectivity index (χ0) is 24.5. The number of hydrogen-bond acceptors (Lipinski definition) is 8. The number of imidazole rings is 1. The highest BCUT2D eigenvalue weighted by molar-refractivity contribution is 5.93. The van der Waals surface area contributed by atoms with E-state index in [9.17, 15) is 9.90 Å². The first kappa shape index (κ1) is 22.7. The first-order valence-electron chi connectivity index (χ1n) is 12.6. The molecule has 0 bridgehead atoms. The summed E-state index contributed by atoms with van der Waals surface area (Å²) in [5.74, 6) is 0.395. The van der Waals surface area contributed by atoms with Gasteiger partial charge in [0.05, 0.1) is 12.4 Å². The van der Waals surface area contributed by atoms with Crippen molar-refractivity contribution in [3.05, 3.63) is 48.2 Å². The van der Waals surface area contributed by atoms with Gasteiger partial charge >= 0.3 is 5.97 Å². The predicted octanol–water partition coefficient (Wildman–Crippen LogP) is 3.63. The third-order valence-corrected chi connectivity index (χ3v) is 7.26. The number of rotatable bonds is 7. The number of pyridine rings is 1. The normalized spacial score (nSPS) is 18.8. The van der Waals surface area contributed by atoms with E-state index in [2.05, 4.69) is 40.8 Å². The number of ether oxygens (including phenoxy) is 1. The fourth-order valence-electron chi connectivity index (χ4n) is 5.43. The second-order valence-corrected chi connectivity index (χ2v) is 9.56. The van der Waals surface area contributed by atoms with E-state index in [0.29, 0.717) is 23.5 Å². The van der Waals surface area contributed by atoms with Gasteiger partial charge in [-0.05, 0) is 62.5 Å². The second-order valence-electron chi connectivity index (χ2n) is 9.56. The molecule has 6 rings (SSSR count). The maximum Gasteiger partial charge on any atom is 0.354 e. The van der Waals surface area contributed by atoms with Crippen LogP contribution in [0.3, 0.4) is 0 Å². The lowest BCUT2D eigenvalue weighted by Crippen LogP contribution is -2.35. The summed E-state index contributed by atoms with van der Waals surface area (Å²) in [5, 5.41) is 10.5. The maximum absolute atomic E-state index is 11.7. The molecule has 1 aromatic carbocycles. The molecule has 36 heavy (non-hydrogen) atoms. The molecule has 0 amide bonds. The third kappa shape index (κ3) is 4.32. The number of carbonyl (C=O) groups is 1. The van der Waals surface area contributed by atoms with Crippen molar-refractivity contribution in [1.82, 2.24) is 29.8 Å². The van der Waals surface area contributed by atoms with Crippen LogP contribution in [0, 0.1) is 0 Å². The number of benzene rings is 1. The molecule has 2 aliphatic heterocycles. The minimum absolute atomic E-state index is 0.0209. The number of H-pyrrole nitrogens is 1. The number of likely N-dealkylation sites (tertiary alicyclic amines) is 1. The summed E-state index contributed by atoms with van der Waals surface area (Å²) >= 11 is 0. The van der Waals surface area contributed by atoms with Gasteiger partial charge in [-0.25, -0.2) is 24.7 Å². The number of anilines is 1. The molecular formula is C26H29N7O3. The molecule has 0 radical (unpaired) electrons. The lowest BCUT2D eigenvalue weighted by molar-refractivity contribution is 0.0691. The number of piperidine rings is 1. The molecule has 0 unspecified atom stereocenters. The average Bonchev–Trinajstić information content (AvgIpc) is 3.58. The van der Waals surface area contributed by atoms with Crippen LogP contribution in [0.15, 0.2) is 36.9 Å². The Morgan fingerprint density at radius 3 is 2.81 bits per heavy atom. The van der Waals surface area contributed by atoms with Crippen molar-refractivity contribution in [2.24, 2.45) is 0 Å². The van der Waals surface area contributed by atoms with Crippen molar-refractivity contribution in [1.29, 1.82) is 0 Å². The standard InChI is InChI=1S/C26H29N7O3/c34-26(35)20-8-7-19-17(13-32-10-2-1-3-11-32)6-9-21(22(19)31-20)36-14-18-5-4-12-33(18)25-23-24(28-15-27-23)29-16-30-25/h6-9,15-16,18H,1-5,10-14H2,(H,34,35)(H,27,28,29,30)/t18-/m1/s1. The summed E-state index contributed by atoms with van der Waals surface area (Å²) in [6, 6.07) is 7.61. The van der Waals surface area contributed by atoms with Crippen LogP contribution in [0.1, 0.15) is 48.2 Å². The van der Waals surface area contributed by atoms with Crippen LogP contribution >= 0.6 is 0 Å². The van der Waals surface area contributed by atoms with E-state index in [4.69, 9.17) is 4.74 Å². The molecule has 2 fully saturated rings. The Balaban J connectivity index is 1.27. The van der Waals surface area contributed by atoms with E-state index >= 15 is 0 Å².